The normalized spacial score (nSPS) is 13.2. The molecule has 0 fully saturated rings. The van der Waals surface area contributed by atoms with Crippen molar-refractivity contribution in [2.45, 2.75) is 5.41 Å². The van der Waals surface area contributed by atoms with Crippen molar-refractivity contribution < 1.29 is 4.74 Å². The molecule has 0 bridgehead atoms. The van der Waals surface area contributed by atoms with Gasteiger partial charge in [0.25, 0.3) is 0 Å². The standard InChI is InChI=1S/C51H32OS/c1-2-12-33(13-3-1)38-18-10-14-36-15-11-19-39(50(36)38)34-24-26-35(27-25-34)48-30-31-49(53-48)37-28-29-45-47(32-37)52-46-23-9-8-22-44(46)51(45)42-20-6-4-16-40(42)41-17-5-7-21-43(41)51/h1-32H. The van der Waals surface area contributed by atoms with Crippen molar-refractivity contribution in [3.63, 3.8) is 0 Å². The summed E-state index contributed by atoms with van der Waals surface area (Å²) >= 11 is 1.82. The predicted octanol–water partition coefficient (Wildman–Crippen LogP) is 14.0. The molecule has 2 heteroatoms. The summed E-state index contributed by atoms with van der Waals surface area (Å²) in [5, 5.41) is 2.54. The van der Waals surface area contributed by atoms with Gasteiger partial charge in [-0.1, -0.05) is 170 Å². The Morgan fingerprint density at radius 3 is 1.55 bits per heavy atom. The number of para-hydroxylation sites is 1. The number of hydrogen-bond acceptors (Lipinski definition) is 2. The first-order chi connectivity index (χ1) is 26.3. The summed E-state index contributed by atoms with van der Waals surface area (Å²) in [4.78, 5) is 2.46. The second-order valence-corrected chi connectivity index (χ2v) is 15.1. The van der Waals surface area contributed by atoms with E-state index in [2.05, 4.69) is 194 Å². The molecule has 0 radical (unpaired) electrons. The van der Waals surface area contributed by atoms with Crippen molar-refractivity contribution in [1.82, 2.24) is 0 Å². The predicted molar refractivity (Wildman–Crippen MR) is 221 cm³/mol. The SMILES string of the molecule is c1ccc(-c2cccc3cccc(-c4ccc(-c5ccc(-c6ccc7c(c6)Oc6ccccc6C76c7ccccc7-c7ccccc76)s5)cc4)c23)cc1. The topological polar surface area (TPSA) is 9.23 Å². The molecule has 1 aliphatic heterocycles. The zero-order chi connectivity index (χ0) is 34.9. The van der Waals surface area contributed by atoms with Crippen LogP contribution in [0.2, 0.25) is 0 Å². The molecular formula is C51H32OS. The maximum absolute atomic E-state index is 6.77. The molecule has 1 nitrogen and oxygen atoms in total. The Morgan fingerprint density at radius 1 is 0.340 bits per heavy atom. The lowest BCUT2D eigenvalue weighted by atomic mass is 9.66. The van der Waals surface area contributed by atoms with Gasteiger partial charge < -0.3 is 4.74 Å². The molecule has 9 aromatic rings. The van der Waals surface area contributed by atoms with Crippen LogP contribution in [0.1, 0.15) is 22.3 Å². The fourth-order valence-corrected chi connectivity index (χ4v) is 9.92. The van der Waals surface area contributed by atoms with Crippen LogP contribution in [-0.4, -0.2) is 0 Å². The summed E-state index contributed by atoms with van der Waals surface area (Å²) in [7, 11) is 0. The van der Waals surface area contributed by atoms with E-state index in [9.17, 15) is 0 Å². The third-order valence-electron chi connectivity index (χ3n) is 11.2. The maximum atomic E-state index is 6.77. The first-order valence-electron chi connectivity index (χ1n) is 18.2. The van der Waals surface area contributed by atoms with Crippen molar-refractivity contribution in [3.8, 4) is 65.8 Å². The van der Waals surface area contributed by atoms with E-state index in [4.69, 9.17) is 4.74 Å². The van der Waals surface area contributed by atoms with Gasteiger partial charge >= 0.3 is 0 Å². The smallest absolute Gasteiger partial charge is 0.132 e. The zero-order valence-electron chi connectivity index (χ0n) is 28.8. The van der Waals surface area contributed by atoms with Gasteiger partial charge in [0, 0.05) is 20.9 Å². The number of hydrogen-bond donors (Lipinski definition) is 0. The van der Waals surface area contributed by atoms with Gasteiger partial charge in [0.05, 0.1) is 5.41 Å². The van der Waals surface area contributed by atoms with Gasteiger partial charge in [-0.2, -0.15) is 0 Å². The van der Waals surface area contributed by atoms with E-state index in [1.165, 1.54) is 81.7 Å². The number of thiophene rings is 1. The quantitative estimate of drug-likeness (QED) is 0.178. The summed E-state index contributed by atoms with van der Waals surface area (Å²) in [5.74, 6) is 1.83. The largest absolute Gasteiger partial charge is 0.457 e. The van der Waals surface area contributed by atoms with Crippen LogP contribution >= 0.6 is 11.3 Å². The average molecular weight is 693 g/mol. The number of rotatable bonds is 4. The van der Waals surface area contributed by atoms with Crippen molar-refractivity contribution in [2.24, 2.45) is 0 Å². The highest BCUT2D eigenvalue weighted by atomic mass is 32.1. The minimum Gasteiger partial charge on any atom is -0.457 e. The molecule has 0 unspecified atom stereocenters. The van der Waals surface area contributed by atoms with Gasteiger partial charge in [-0.3, -0.25) is 0 Å². The third kappa shape index (κ3) is 4.49. The van der Waals surface area contributed by atoms with Crippen LogP contribution in [0.5, 0.6) is 11.5 Å². The molecule has 53 heavy (non-hydrogen) atoms. The molecule has 1 aromatic heterocycles. The lowest BCUT2D eigenvalue weighted by Gasteiger charge is -2.39. The molecular weight excluding hydrogens is 661 g/mol. The van der Waals surface area contributed by atoms with Crippen molar-refractivity contribution >= 4 is 22.1 Å². The highest BCUT2D eigenvalue weighted by molar-refractivity contribution is 7.18. The minimum absolute atomic E-state index is 0.440. The fourth-order valence-electron chi connectivity index (χ4n) is 8.92. The molecule has 11 rings (SSSR count). The molecule has 2 aliphatic rings. The fraction of sp³-hybridized carbons (Fsp3) is 0.0196. The van der Waals surface area contributed by atoms with E-state index in [0.29, 0.717) is 0 Å². The summed E-state index contributed by atoms with van der Waals surface area (Å²) < 4.78 is 6.77. The Bertz CT molecular complexity index is 2810. The summed E-state index contributed by atoms with van der Waals surface area (Å²) in [5.41, 5.74) is 14.5. The Hall–Kier alpha value is -6.48. The molecule has 2 heterocycles. The third-order valence-corrected chi connectivity index (χ3v) is 12.4. The van der Waals surface area contributed by atoms with Crippen LogP contribution in [0.25, 0.3) is 65.0 Å². The first-order valence-corrected chi connectivity index (χ1v) is 19.0. The first kappa shape index (κ1) is 30.2. The minimum atomic E-state index is -0.440. The molecule has 0 saturated carbocycles. The maximum Gasteiger partial charge on any atom is 0.132 e. The van der Waals surface area contributed by atoms with Crippen LogP contribution in [0.3, 0.4) is 0 Å². The Kier molecular flexibility index (Phi) is 6.71. The van der Waals surface area contributed by atoms with Crippen LogP contribution in [0.4, 0.5) is 0 Å². The van der Waals surface area contributed by atoms with Gasteiger partial charge in [-0.25, -0.2) is 0 Å². The highest BCUT2D eigenvalue weighted by Gasteiger charge is 2.50. The summed E-state index contributed by atoms with van der Waals surface area (Å²) in [6, 6.07) is 70.7. The van der Waals surface area contributed by atoms with Crippen LogP contribution < -0.4 is 4.74 Å². The van der Waals surface area contributed by atoms with Gasteiger partial charge in [-0.05, 0) is 90.7 Å². The molecule has 0 amide bonds. The van der Waals surface area contributed by atoms with Crippen molar-refractivity contribution in [3.05, 3.63) is 216 Å². The lowest BCUT2D eigenvalue weighted by molar-refractivity contribution is 0.436. The Balaban J connectivity index is 0.970. The molecule has 1 aliphatic carbocycles. The molecule has 0 saturated heterocycles. The molecule has 0 atom stereocenters. The van der Waals surface area contributed by atoms with Crippen molar-refractivity contribution in [2.75, 3.05) is 0 Å². The number of fused-ring (bicyclic) bond motifs is 10. The van der Waals surface area contributed by atoms with E-state index in [-0.39, 0.29) is 0 Å². The van der Waals surface area contributed by atoms with Gasteiger partial charge in [0.15, 0.2) is 0 Å². The van der Waals surface area contributed by atoms with Crippen LogP contribution in [0.15, 0.2) is 194 Å². The zero-order valence-corrected chi connectivity index (χ0v) is 29.6. The van der Waals surface area contributed by atoms with E-state index in [0.717, 1.165) is 17.1 Å². The number of benzene rings is 8. The molecule has 0 N–H and O–H groups in total. The summed E-state index contributed by atoms with van der Waals surface area (Å²) in [6.07, 6.45) is 0. The molecule has 8 aromatic carbocycles. The highest BCUT2D eigenvalue weighted by Crippen LogP contribution is 2.62. The average Bonchev–Trinajstić information content (AvgIpc) is 3.84. The Morgan fingerprint density at radius 2 is 0.849 bits per heavy atom. The van der Waals surface area contributed by atoms with E-state index in [1.807, 2.05) is 11.3 Å². The summed E-state index contributed by atoms with van der Waals surface area (Å²) in [6.45, 7) is 0. The van der Waals surface area contributed by atoms with E-state index in [1.54, 1.807) is 0 Å². The number of ether oxygens (including phenoxy) is 1. The Labute approximate surface area is 313 Å². The van der Waals surface area contributed by atoms with Crippen molar-refractivity contribution in [1.29, 1.82) is 0 Å². The second-order valence-electron chi connectivity index (χ2n) is 14.0. The van der Waals surface area contributed by atoms with Gasteiger partial charge in [0.2, 0.25) is 0 Å². The molecule has 1 spiro atoms. The monoisotopic (exact) mass is 692 g/mol. The van der Waals surface area contributed by atoms with E-state index >= 15 is 0 Å². The van der Waals surface area contributed by atoms with Gasteiger partial charge in [-0.15, -0.1) is 11.3 Å². The molecule has 248 valence electrons. The second kappa shape index (κ2) is 11.8. The van der Waals surface area contributed by atoms with Gasteiger partial charge in [0.1, 0.15) is 11.5 Å². The van der Waals surface area contributed by atoms with Crippen LogP contribution in [0, 0.1) is 0 Å². The van der Waals surface area contributed by atoms with Crippen LogP contribution in [-0.2, 0) is 5.41 Å². The van der Waals surface area contributed by atoms with E-state index < -0.39 is 5.41 Å². The lowest BCUT2D eigenvalue weighted by Crippen LogP contribution is -2.32.